The molecule has 9 heteroatoms. The zero-order chi connectivity index (χ0) is 23.8. The van der Waals surface area contributed by atoms with Gasteiger partial charge in [-0.05, 0) is 41.8 Å². The van der Waals surface area contributed by atoms with Crippen LogP contribution in [0.25, 0.3) is 11.1 Å². The normalized spacial score (nSPS) is 13.5. The molecule has 0 spiro atoms. The van der Waals surface area contributed by atoms with Crippen molar-refractivity contribution in [3.63, 3.8) is 0 Å². The molecule has 0 aliphatic carbocycles. The van der Waals surface area contributed by atoms with Crippen molar-refractivity contribution in [3.8, 4) is 17.0 Å². The van der Waals surface area contributed by atoms with Gasteiger partial charge in [-0.3, -0.25) is 0 Å². The molecule has 9 nitrogen and oxygen atoms in total. The number of piperazine rings is 1. The van der Waals surface area contributed by atoms with Crippen molar-refractivity contribution in [2.75, 3.05) is 50.1 Å². The highest BCUT2D eigenvalue weighted by Crippen LogP contribution is 2.25. The van der Waals surface area contributed by atoms with E-state index in [1.54, 1.807) is 24.4 Å². The smallest absolute Gasteiger partial charge is 0.409 e. The number of aromatic nitrogens is 3. The maximum absolute atomic E-state index is 12.2. The highest BCUT2D eigenvalue weighted by molar-refractivity contribution is 5.69. The minimum atomic E-state index is -0.238. The minimum Gasteiger partial charge on any atom is -0.481 e. The van der Waals surface area contributed by atoms with Gasteiger partial charge in [0.05, 0.1) is 13.7 Å². The van der Waals surface area contributed by atoms with Gasteiger partial charge in [-0.2, -0.15) is 4.98 Å². The van der Waals surface area contributed by atoms with Gasteiger partial charge in [-0.25, -0.2) is 14.8 Å². The van der Waals surface area contributed by atoms with Crippen LogP contribution in [0.5, 0.6) is 5.88 Å². The molecule has 3 heterocycles. The number of hydrogen-bond donors (Lipinski definition) is 1. The fourth-order valence-corrected chi connectivity index (χ4v) is 3.65. The van der Waals surface area contributed by atoms with E-state index in [4.69, 9.17) is 9.47 Å². The number of nitrogens with zero attached hydrogens (tertiary/aromatic N) is 5. The lowest BCUT2D eigenvalue weighted by atomic mass is 10.1. The molecule has 2 aromatic heterocycles. The Hall–Kier alpha value is -3.88. The lowest BCUT2D eigenvalue weighted by Gasteiger charge is -2.34. The van der Waals surface area contributed by atoms with E-state index in [0.29, 0.717) is 50.4 Å². The number of amides is 1. The predicted octanol–water partition coefficient (Wildman–Crippen LogP) is 4.35. The summed E-state index contributed by atoms with van der Waals surface area (Å²) in [5, 5.41) is 3.34. The Morgan fingerprint density at radius 1 is 1.00 bits per heavy atom. The van der Waals surface area contributed by atoms with Crippen LogP contribution in [0.1, 0.15) is 19.8 Å². The fraction of sp³-hybridized carbons (Fsp3) is 0.360. The first-order chi connectivity index (χ1) is 16.7. The van der Waals surface area contributed by atoms with Crippen molar-refractivity contribution in [2.45, 2.75) is 19.8 Å². The topological polar surface area (TPSA) is 92.7 Å². The molecule has 34 heavy (non-hydrogen) atoms. The number of methoxy groups -OCH3 is 1. The van der Waals surface area contributed by atoms with E-state index in [0.717, 1.165) is 29.7 Å². The Bertz CT molecular complexity index is 1080. The van der Waals surface area contributed by atoms with Crippen LogP contribution in [0, 0.1) is 0 Å². The second-order valence-electron chi connectivity index (χ2n) is 7.97. The number of unbranched alkanes of at least 4 members (excludes halogenated alkanes) is 1. The summed E-state index contributed by atoms with van der Waals surface area (Å²) in [6, 6.07) is 13.8. The summed E-state index contributed by atoms with van der Waals surface area (Å²) in [5.74, 6) is 1.94. The third-order valence-electron chi connectivity index (χ3n) is 5.62. The van der Waals surface area contributed by atoms with Crippen molar-refractivity contribution in [1.29, 1.82) is 0 Å². The summed E-state index contributed by atoms with van der Waals surface area (Å²) >= 11 is 0. The molecule has 0 radical (unpaired) electrons. The predicted molar refractivity (Wildman–Crippen MR) is 132 cm³/mol. The van der Waals surface area contributed by atoms with E-state index in [-0.39, 0.29) is 6.09 Å². The van der Waals surface area contributed by atoms with Crippen LogP contribution in [0.2, 0.25) is 0 Å². The first-order valence-electron chi connectivity index (χ1n) is 11.5. The summed E-state index contributed by atoms with van der Waals surface area (Å²) in [4.78, 5) is 29.2. The minimum absolute atomic E-state index is 0.238. The Morgan fingerprint density at radius 3 is 2.50 bits per heavy atom. The number of carbonyl (C=O) groups is 1. The number of benzene rings is 1. The molecule has 1 saturated heterocycles. The molecule has 178 valence electrons. The van der Waals surface area contributed by atoms with Crippen LogP contribution in [0.4, 0.5) is 22.2 Å². The molecule has 1 aliphatic heterocycles. The average molecular weight is 463 g/mol. The van der Waals surface area contributed by atoms with Crippen molar-refractivity contribution in [1.82, 2.24) is 19.9 Å². The Morgan fingerprint density at radius 2 is 1.76 bits per heavy atom. The van der Waals surface area contributed by atoms with Crippen molar-refractivity contribution in [3.05, 3.63) is 54.9 Å². The van der Waals surface area contributed by atoms with Gasteiger partial charge in [0.25, 0.3) is 0 Å². The maximum Gasteiger partial charge on any atom is 0.409 e. The van der Waals surface area contributed by atoms with Gasteiger partial charge < -0.3 is 24.6 Å². The van der Waals surface area contributed by atoms with Crippen LogP contribution >= 0.6 is 0 Å². The molecule has 1 amide bonds. The number of hydrogen-bond acceptors (Lipinski definition) is 8. The monoisotopic (exact) mass is 462 g/mol. The van der Waals surface area contributed by atoms with E-state index < -0.39 is 0 Å². The van der Waals surface area contributed by atoms with Crippen LogP contribution in [0.3, 0.4) is 0 Å². The highest BCUT2D eigenvalue weighted by atomic mass is 16.6. The van der Waals surface area contributed by atoms with E-state index in [9.17, 15) is 4.79 Å². The van der Waals surface area contributed by atoms with E-state index in [1.165, 1.54) is 0 Å². The van der Waals surface area contributed by atoms with Crippen molar-refractivity contribution < 1.29 is 14.3 Å². The summed E-state index contributed by atoms with van der Waals surface area (Å²) in [6.45, 7) is 5.06. The number of anilines is 3. The largest absolute Gasteiger partial charge is 0.481 e. The molecule has 4 rings (SSSR count). The Kier molecular flexibility index (Phi) is 7.75. The molecule has 0 bridgehead atoms. The van der Waals surface area contributed by atoms with E-state index in [1.807, 2.05) is 42.5 Å². The lowest BCUT2D eigenvalue weighted by Crippen LogP contribution is -2.49. The molecule has 0 unspecified atom stereocenters. The molecule has 0 saturated carbocycles. The summed E-state index contributed by atoms with van der Waals surface area (Å²) in [7, 11) is 1.61. The maximum atomic E-state index is 12.2. The second kappa shape index (κ2) is 11.3. The molecular formula is C25H30N6O3. The average Bonchev–Trinajstić information content (AvgIpc) is 2.89. The summed E-state index contributed by atoms with van der Waals surface area (Å²) in [5.41, 5.74) is 3.03. The summed E-state index contributed by atoms with van der Waals surface area (Å²) < 4.78 is 10.5. The van der Waals surface area contributed by atoms with Crippen molar-refractivity contribution in [2.24, 2.45) is 0 Å². The number of nitrogens with one attached hydrogen (secondary N) is 1. The van der Waals surface area contributed by atoms with Gasteiger partial charge in [0.15, 0.2) is 0 Å². The van der Waals surface area contributed by atoms with Crippen molar-refractivity contribution >= 4 is 23.5 Å². The van der Waals surface area contributed by atoms with E-state index >= 15 is 0 Å². The lowest BCUT2D eigenvalue weighted by molar-refractivity contribution is 0.0988. The van der Waals surface area contributed by atoms with Gasteiger partial charge in [0, 0.05) is 50.3 Å². The first-order valence-corrected chi connectivity index (χ1v) is 11.5. The molecule has 1 fully saturated rings. The second-order valence-corrected chi connectivity index (χ2v) is 7.97. The zero-order valence-corrected chi connectivity index (χ0v) is 19.6. The molecule has 1 aromatic carbocycles. The van der Waals surface area contributed by atoms with Gasteiger partial charge in [-0.1, -0.05) is 25.5 Å². The molecule has 3 aromatic rings. The zero-order valence-electron chi connectivity index (χ0n) is 19.6. The Labute approximate surface area is 199 Å². The standard InChI is InChI=1S/C25H30N6O3/c1-3-4-17-34-25(32)31-15-13-30(14-16-31)24-27-12-10-22(29-24)28-21-7-5-19(6-8-21)20-9-11-26-23(18-20)33-2/h5-12,18H,3-4,13-17H2,1-2H3,(H,27,28,29). The molecular weight excluding hydrogens is 432 g/mol. The summed E-state index contributed by atoms with van der Waals surface area (Å²) in [6.07, 6.45) is 5.14. The highest BCUT2D eigenvalue weighted by Gasteiger charge is 2.23. The van der Waals surface area contributed by atoms with Gasteiger partial charge in [0.1, 0.15) is 5.82 Å². The Balaban J connectivity index is 1.34. The third-order valence-corrected chi connectivity index (χ3v) is 5.62. The number of carbonyl (C=O) groups excluding carboxylic acids is 1. The number of ether oxygens (including phenoxy) is 2. The quantitative estimate of drug-likeness (QED) is 0.494. The third kappa shape index (κ3) is 5.92. The van der Waals surface area contributed by atoms with Crippen LogP contribution < -0.4 is 15.0 Å². The SMILES string of the molecule is CCCCOC(=O)N1CCN(c2nccc(Nc3ccc(-c4ccnc(OC)c4)cc3)n2)CC1. The number of pyridine rings is 1. The molecule has 1 N–H and O–H groups in total. The first kappa shape index (κ1) is 23.3. The van der Waals surface area contributed by atoms with Gasteiger partial charge in [-0.15, -0.1) is 0 Å². The van der Waals surface area contributed by atoms with Gasteiger partial charge >= 0.3 is 6.09 Å². The van der Waals surface area contributed by atoms with Crippen LogP contribution in [0.15, 0.2) is 54.9 Å². The molecule has 1 aliphatic rings. The fourth-order valence-electron chi connectivity index (χ4n) is 3.65. The molecule has 0 atom stereocenters. The van der Waals surface area contributed by atoms with Crippen LogP contribution in [-0.2, 0) is 4.74 Å². The number of rotatable bonds is 8. The van der Waals surface area contributed by atoms with E-state index in [2.05, 4.69) is 32.1 Å². The van der Waals surface area contributed by atoms with Crippen LogP contribution in [-0.4, -0.2) is 65.8 Å². The van der Waals surface area contributed by atoms with Gasteiger partial charge in [0.2, 0.25) is 11.8 Å².